The number of benzene rings is 1. The van der Waals surface area contributed by atoms with Gasteiger partial charge in [0.25, 0.3) is 0 Å². The normalized spacial score (nSPS) is 17.3. The van der Waals surface area contributed by atoms with Crippen molar-refractivity contribution in [1.29, 1.82) is 0 Å². The number of carbonyl (C=O) groups excluding carboxylic acids is 2. The lowest BCUT2D eigenvalue weighted by Gasteiger charge is -2.10. The number of nitrogens with one attached hydrogen (secondary N) is 2. The lowest BCUT2D eigenvalue weighted by molar-refractivity contribution is -0.121. The van der Waals surface area contributed by atoms with Crippen molar-refractivity contribution < 1.29 is 14.3 Å². The predicted octanol–water partition coefficient (Wildman–Crippen LogP) is 2.09. The van der Waals surface area contributed by atoms with E-state index < -0.39 is 0 Å². The summed E-state index contributed by atoms with van der Waals surface area (Å²) in [6.45, 7) is 2.82. The van der Waals surface area contributed by atoms with Gasteiger partial charge in [0.2, 0.25) is 11.8 Å². The zero-order chi connectivity index (χ0) is 16.2. The monoisotopic (exact) mass is 333 g/mol. The van der Waals surface area contributed by atoms with E-state index in [9.17, 15) is 9.59 Å². The first kappa shape index (κ1) is 15.9. The van der Waals surface area contributed by atoms with Crippen LogP contribution < -0.4 is 10.6 Å². The number of hydrogen-bond donors (Lipinski definition) is 2. The second-order valence-electron chi connectivity index (χ2n) is 5.62. The molecule has 6 nitrogen and oxygen atoms in total. The van der Waals surface area contributed by atoms with Crippen LogP contribution in [0, 0.1) is 0 Å². The minimum absolute atomic E-state index is 0.00792. The van der Waals surface area contributed by atoms with Crippen LogP contribution in [-0.4, -0.2) is 36.1 Å². The van der Waals surface area contributed by atoms with E-state index in [0.29, 0.717) is 18.1 Å². The Hall–Kier alpha value is -1.99. The molecule has 7 heteroatoms. The van der Waals surface area contributed by atoms with Gasteiger partial charge in [0.1, 0.15) is 0 Å². The van der Waals surface area contributed by atoms with Crippen LogP contribution in [0.15, 0.2) is 18.2 Å². The molecule has 1 atom stereocenters. The van der Waals surface area contributed by atoms with E-state index in [1.54, 1.807) is 0 Å². The minimum Gasteiger partial charge on any atom is -0.376 e. The number of ether oxygens (including phenoxy) is 1. The van der Waals surface area contributed by atoms with Gasteiger partial charge in [-0.2, -0.15) is 0 Å². The minimum atomic E-state index is -0.141. The summed E-state index contributed by atoms with van der Waals surface area (Å²) in [5, 5.41) is 6.18. The van der Waals surface area contributed by atoms with E-state index in [-0.39, 0.29) is 17.9 Å². The summed E-state index contributed by atoms with van der Waals surface area (Å²) in [6.07, 6.45) is 2.57. The Balaban J connectivity index is 1.60. The fourth-order valence-corrected chi connectivity index (χ4v) is 3.54. The molecule has 0 bridgehead atoms. The van der Waals surface area contributed by atoms with E-state index in [0.717, 1.165) is 35.2 Å². The molecular formula is C16H19N3O3S. The predicted molar refractivity (Wildman–Crippen MR) is 89.6 cm³/mol. The summed E-state index contributed by atoms with van der Waals surface area (Å²) in [6, 6.07) is 5.72. The fraction of sp³-hybridized carbons (Fsp3) is 0.438. The molecule has 1 aliphatic rings. The maximum Gasteiger partial charge on any atom is 0.224 e. The zero-order valence-corrected chi connectivity index (χ0v) is 13.7. The molecule has 23 heavy (non-hydrogen) atoms. The Morgan fingerprint density at radius 2 is 2.30 bits per heavy atom. The molecule has 0 spiro atoms. The quantitative estimate of drug-likeness (QED) is 0.878. The lowest BCUT2D eigenvalue weighted by Crippen LogP contribution is -2.32. The highest BCUT2D eigenvalue weighted by Crippen LogP contribution is 2.26. The van der Waals surface area contributed by atoms with Gasteiger partial charge in [0, 0.05) is 20.1 Å². The summed E-state index contributed by atoms with van der Waals surface area (Å²) >= 11 is 1.41. The van der Waals surface area contributed by atoms with Gasteiger partial charge in [-0.25, -0.2) is 4.98 Å². The third-order valence-corrected chi connectivity index (χ3v) is 4.58. The van der Waals surface area contributed by atoms with Crippen LogP contribution in [0.5, 0.6) is 0 Å². The number of rotatable bonds is 5. The van der Waals surface area contributed by atoms with Crippen molar-refractivity contribution in [3.63, 3.8) is 0 Å². The van der Waals surface area contributed by atoms with Crippen molar-refractivity contribution in [1.82, 2.24) is 10.3 Å². The summed E-state index contributed by atoms with van der Waals surface area (Å²) in [4.78, 5) is 27.4. The van der Waals surface area contributed by atoms with Crippen LogP contribution in [0.2, 0.25) is 0 Å². The Morgan fingerprint density at radius 1 is 1.43 bits per heavy atom. The number of nitrogens with zero attached hydrogens (tertiary/aromatic N) is 1. The summed E-state index contributed by atoms with van der Waals surface area (Å²) in [7, 11) is 0. The van der Waals surface area contributed by atoms with Gasteiger partial charge in [-0.05, 0) is 30.5 Å². The third-order valence-electron chi connectivity index (χ3n) is 3.65. The van der Waals surface area contributed by atoms with Gasteiger partial charge in [-0.1, -0.05) is 17.4 Å². The molecule has 1 fully saturated rings. The van der Waals surface area contributed by atoms with Crippen molar-refractivity contribution >= 4 is 38.5 Å². The van der Waals surface area contributed by atoms with Crippen LogP contribution in [-0.2, 0) is 20.7 Å². The van der Waals surface area contributed by atoms with Crippen molar-refractivity contribution in [3.8, 4) is 0 Å². The molecule has 2 aromatic rings. The fourth-order valence-electron chi connectivity index (χ4n) is 2.56. The van der Waals surface area contributed by atoms with E-state index in [1.807, 2.05) is 18.2 Å². The van der Waals surface area contributed by atoms with Crippen LogP contribution in [0.4, 0.5) is 5.13 Å². The van der Waals surface area contributed by atoms with Gasteiger partial charge in [-0.3, -0.25) is 9.59 Å². The van der Waals surface area contributed by atoms with Crippen molar-refractivity contribution in [2.75, 3.05) is 18.5 Å². The molecule has 3 rings (SSSR count). The highest BCUT2D eigenvalue weighted by atomic mass is 32.1. The molecule has 1 aromatic heterocycles. The van der Waals surface area contributed by atoms with E-state index in [2.05, 4.69) is 15.6 Å². The third kappa shape index (κ3) is 4.27. The first-order valence-corrected chi connectivity index (χ1v) is 8.47. The smallest absolute Gasteiger partial charge is 0.224 e. The first-order valence-electron chi connectivity index (χ1n) is 7.65. The maximum absolute atomic E-state index is 12.0. The van der Waals surface area contributed by atoms with Crippen LogP contribution in [0.3, 0.4) is 0 Å². The van der Waals surface area contributed by atoms with Crippen molar-refractivity contribution in [2.45, 2.75) is 32.3 Å². The molecule has 0 radical (unpaired) electrons. The summed E-state index contributed by atoms with van der Waals surface area (Å²) in [5.41, 5.74) is 1.75. The van der Waals surface area contributed by atoms with Gasteiger partial charge in [0.05, 0.1) is 22.7 Å². The molecule has 2 heterocycles. The topological polar surface area (TPSA) is 80.3 Å². The molecule has 0 saturated carbocycles. The molecule has 2 amide bonds. The second kappa shape index (κ2) is 7.06. The van der Waals surface area contributed by atoms with Crippen molar-refractivity contribution in [3.05, 3.63) is 23.8 Å². The summed E-state index contributed by atoms with van der Waals surface area (Å²) in [5.74, 6) is -0.149. The Bertz CT molecular complexity index is 722. The average Bonchev–Trinajstić information content (AvgIpc) is 3.12. The number of carbonyl (C=O) groups is 2. The van der Waals surface area contributed by atoms with Gasteiger partial charge >= 0.3 is 0 Å². The standard InChI is InChI=1S/C16H19N3O3S/c1-10(20)18-16-19-13-5-4-11(7-14(13)23-16)8-15(21)17-9-12-3-2-6-22-12/h4-5,7,12H,2-3,6,8-9H2,1H3,(H,17,21)(H,18,19,20)/t12-/m1/s1. The number of fused-ring (bicyclic) bond motifs is 1. The molecule has 122 valence electrons. The average molecular weight is 333 g/mol. The number of aromatic nitrogens is 1. The molecule has 1 saturated heterocycles. The molecule has 2 N–H and O–H groups in total. The Kier molecular flexibility index (Phi) is 4.88. The van der Waals surface area contributed by atoms with Crippen LogP contribution in [0.25, 0.3) is 10.2 Å². The largest absolute Gasteiger partial charge is 0.376 e. The van der Waals surface area contributed by atoms with E-state index in [4.69, 9.17) is 4.74 Å². The molecule has 0 unspecified atom stereocenters. The lowest BCUT2D eigenvalue weighted by atomic mass is 10.1. The maximum atomic E-state index is 12.0. The second-order valence-corrected chi connectivity index (χ2v) is 6.65. The Labute approximate surface area is 138 Å². The summed E-state index contributed by atoms with van der Waals surface area (Å²) < 4.78 is 6.45. The Morgan fingerprint density at radius 3 is 3.04 bits per heavy atom. The number of thiazole rings is 1. The SMILES string of the molecule is CC(=O)Nc1nc2ccc(CC(=O)NC[C@H]3CCCO3)cc2s1. The van der Waals surface area contributed by atoms with Crippen molar-refractivity contribution in [2.24, 2.45) is 0 Å². The van der Waals surface area contributed by atoms with Gasteiger partial charge in [-0.15, -0.1) is 0 Å². The van der Waals surface area contributed by atoms with Gasteiger partial charge in [0.15, 0.2) is 5.13 Å². The molecule has 1 aromatic carbocycles. The van der Waals surface area contributed by atoms with Crippen LogP contribution >= 0.6 is 11.3 Å². The zero-order valence-electron chi connectivity index (χ0n) is 12.9. The first-order chi connectivity index (χ1) is 11.1. The number of amides is 2. The van der Waals surface area contributed by atoms with E-state index in [1.165, 1.54) is 18.3 Å². The van der Waals surface area contributed by atoms with Crippen LogP contribution in [0.1, 0.15) is 25.3 Å². The molecule has 1 aliphatic heterocycles. The molecular weight excluding hydrogens is 314 g/mol. The molecule has 0 aliphatic carbocycles. The van der Waals surface area contributed by atoms with E-state index >= 15 is 0 Å². The number of anilines is 1. The highest BCUT2D eigenvalue weighted by Gasteiger charge is 2.16. The van der Waals surface area contributed by atoms with Gasteiger partial charge < -0.3 is 15.4 Å². The highest BCUT2D eigenvalue weighted by molar-refractivity contribution is 7.22. The number of hydrogen-bond acceptors (Lipinski definition) is 5.